The Balaban J connectivity index is 2.83. The normalized spacial score (nSPS) is 12.9. The van der Waals surface area contributed by atoms with Gasteiger partial charge in [-0.1, -0.05) is 25.1 Å². The van der Waals surface area contributed by atoms with Crippen LogP contribution in [-0.2, 0) is 6.42 Å². The topological polar surface area (TPSA) is 0 Å². The van der Waals surface area contributed by atoms with E-state index in [2.05, 4.69) is 51.6 Å². The van der Waals surface area contributed by atoms with E-state index in [4.69, 9.17) is 0 Å². The molecule has 1 atom stereocenters. The van der Waals surface area contributed by atoms with Crippen molar-refractivity contribution >= 4 is 12.6 Å². The Morgan fingerprint density at radius 2 is 2.00 bits per heavy atom. The molecule has 13 heavy (non-hydrogen) atoms. The molecule has 0 radical (unpaired) electrons. The van der Waals surface area contributed by atoms with E-state index in [9.17, 15) is 0 Å². The van der Waals surface area contributed by atoms with Crippen molar-refractivity contribution in [2.75, 3.05) is 5.75 Å². The average Bonchev–Trinajstić information content (AvgIpc) is 2.13. The van der Waals surface area contributed by atoms with Gasteiger partial charge >= 0.3 is 0 Å². The third kappa shape index (κ3) is 2.77. The van der Waals surface area contributed by atoms with Gasteiger partial charge in [0.2, 0.25) is 0 Å². The van der Waals surface area contributed by atoms with E-state index in [1.54, 1.807) is 0 Å². The molecule has 0 saturated heterocycles. The fourth-order valence-corrected chi connectivity index (χ4v) is 1.60. The summed E-state index contributed by atoms with van der Waals surface area (Å²) < 4.78 is 0. The summed E-state index contributed by atoms with van der Waals surface area (Å²) in [5.41, 5.74) is 4.31. The first kappa shape index (κ1) is 10.6. The Kier molecular flexibility index (Phi) is 3.86. The largest absolute Gasteiger partial charge is 0.179 e. The molecule has 0 N–H and O–H groups in total. The van der Waals surface area contributed by atoms with Gasteiger partial charge in [-0.3, -0.25) is 0 Å². The molecule has 0 aliphatic heterocycles. The number of aryl methyl sites for hydroxylation is 1. The lowest BCUT2D eigenvalue weighted by Gasteiger charge is -2.12. The van der Waals surface area contributed by atoms with Crippen LogP contribution in [0.1, 0.15) is 23.6 Å². The third-order valence-corrected chi connectivity index (χ3v) is 3.22. The number of hydrogen-bond donors (Lipinski definition) is 1. The second kappa shape index (κ2) is 4.71. The third-order valence-electron chi connectivity index (χ3n) is 2.60. The van der Waals surface area contributed by atoms with E-state index in [1.165, 1.54) is 16.7 Å². The van der Waals surface area contributed by atoms with Crippen LogP contribution in [0.2, 0.25) is 0 Å². The zero-order valence-corrected chi connectivity index (χ0v) is 9.57. The highest BCUT2D eigenvalue weighted by Gasteiger charge is 2.04. The van der Waals surface area contributed by atoms with Crippen LogP contribution in [0.4, 0.5) is 0 Å². The fourth-order valence-electron chi connectivity index (χ4n) is 1.47. The molecule has 72 valence electrons. The van der Waals surface area contributed by atoms with Gasteiger partial charge in [0.05, 0.1) is 0 Å². The van der Waals surface area contributed by atoms with Gasteiger partial charge in [-0.25, -0.2) is 0 Å². The molecule has 1 aromatic rings. The van der Waals surface area contributed by atoms with E-state index >= 15 is 0 Å². The first-order valence-corrected chi connectivity index (χ1v) is 5.44. The van der Waals surface area contributed by atoms with E-state index in [0.29, 0.717) is 5.92 Å². The van der Waals surface area contributed by atoms with Crippen molar-refractivity contribution in [3.63, 3.8) is 0 Å². The van der Waals surface area contributed by atoms with Crippen molar-refractivity contribution < 1.29 is 0 Å². The lowest BCUT2D eigenvalue weighted by molar-refractivity contribution is 0.657. The Hall–Kier alpha value is -0.430. The minimum atomic E-state index is 0.670. The molecule has 0 nitrogen and oxygen atoms in total. The molecule has 0 fully saturated rings. The minimum Gasteiger partial charge on any atom is -0.179 e. The van der Waals surface area contributed by atoms with Gasteiger partial charge in [0.1, 0.15) is 0 Å². The Labute approximate surface area is 86.8 Å². The van der Waals surface area contributed by atoms with E-state index in [1.807, 2.05) is 0 Å². The van der Waals surface area contributed by atoms with Gasteiger partial charge in [0.25, 0.3) is 0 Å². The standard InChI is InChI=1S/C12H18S/c1-9(8-13)7-12-6-4-5-10(2)11(12)3/h4-6,9,13H,7-8H2,1-3H3. The lowest BCUT2D eigenvalue weighted by Crippen LogP contribution is -2.03. The van der Waals surface area contributed by atoms with E-state index in [0.717, 1.165) is 12.2 Å². The first-order valence-electron chi connectivity index (χ1n) is 4.81. The second-order valence-electron chi connectivity index (χ2n) is 3.85. The summed E-state index contributed by atoms with van der Waals surface area (Å²) in [7, 11) is 0. The summed E-state index contributed by atoms with van der Waals surface area (Å²) in [5.74, 6) is 1.64. The highest BCUT2D eigenvalue weighted by atomic mass is 32.1. The predicted molar refractivity (Wildman–Crippen MR) is 62.6 cm³/mol. The first-order chi connectivity index (χ1) is 6.15. The van der Waals surface area contributed by atoms with Crippen LogP contribution in [0.5, 0.6) is 0 Å². The SMILES string of the molecule is Cc1cccc(CC(C)CS)c1C. The van der Waals surface area contributed by atoms with Gasteiger partial charge in [-0.2, -0.15) is 12.6 Å². The zero-order valence-electron chi connectivity index (χ0n) is 8.67. The van der Waals surface area contributed by atoms with Crippen LogP contribution in [0.15, 0.2) is 18.2 Å². The van der Waals surface area contributed by atoms with Gasteiger partial charge in [-0.05, 0) is 48.6 Å². The summed E-state index contributed by atoms with van der Waals surface area (Å²) in [5, 5.41) is 0. The Bertz CT molecular complexity index is 278. The van der Waals surface area contributed by atoms with Crippen LogP contribution in [0.3, 0.4) is 0 Å². The van der Waals surface area contributed by atoms with Crippen molar-refractivity contribution in [1.82, 2.24) is 0 Å². The van der Waals surface area contributed by atoms with Crippen LogP contribution in [-0.4, -0.2) is 5.75 Å². The molecule has 1 aromatic carbocycles. The molecule has 0 spiro atoms. The molecule has 0 aliphatic carbocycles. The molecular formula is C12H18S. The maximum Gasteiger partial charge on any atom is -0.00690 e. The van der Waals surface area contributed by atoms with Crippen LogP contribution in [0, 0.1) is 19.8 Å². The van der Waals surface area contributed by atoms with E-state index in [-0.39, 0.29) is 0 Å². The molecule has 0 amide bonds. The summed E-state index contributed by atoms with van der Waals surface area (Å²) in [4.78, 5) is 0. The quantitative estimate of drug-likeness (QED) is 0.700. The summed E-state index contributed by atoms with van der Waals surface area (Å²) >= 11 is 4.31. The summed E-state index contributed by atoms with van der Waals surface area (Å²) in [6.07, 6.45) is 1.15. The van der Waals surface area contributed by atoms with Crippen LogP contribution >= 0.6 is 12.6 Å². The molecule has 0 heterocycles. The van der Waals surface area contributed by atoms with Crippen molar-refractivity contribution in [2.24, 2.45) is 5.92 Å². The Morgan fingerprint density at radius 1 is 1.31 bits per heavy atom. The summed E-state index contributed by atoms with van der Waals surface area (Å²) in [6, 6.07) is 6.54. The maximum absolute atomic E-state index is 4.31. The molecule has 0 aliphatic rings. The molecule has 0 bridgehead atoms. The predicted octanol–water partition coefficient (Wildman–Crippen LogP) is 3.41. The van der Waals surface area contributed by atoms with Gasteiger partial charge in [0, 0.05) is 0 Å². The van der Waals surface area contributed by atoms with Crippen LogP contribution in [0.25, 0.3) is 0 Å². The molecule has 0 saturated carbocycles. The second-order valence-corrected chi connectivity index (χ2v) is 4.22. The van der Waals surface area contributed by atoms with Gasteiger partial charge in [0.15, 0.2) is 0 Å². The monoisotopic (exact) mass is 194 g/mol. The number of benzene rings is 1. The van der Waals surface area contributed by atoms with Crippen LogP contribution < -0.4 is 0 Å². The minimum absolute atomic E-state index is 0.670. The molecule has 1 rings (SSSR count). The smallest absolute Gasteiger partial charge is 0.00690 e. The molecule has 1 heteroatoms. The van der Waals surface area contributed by atoms with Crippen molar-refractivity contribution in [2.45, 2.75) is 27.2 Å². The summed E-state index contributed by atoms with van der Waals surface area (Å²) in [6.45, 7) is 6.62. The Morgan fingerprint density at radius 3 is 2.62 bits per heavy atom. The van der Waals surface area contributed by atoms with Gasteiger partial charge < -0.3 is 0 Å². The maximum atomic E-state index is 4.31. The highest BCUT2D eigenvalue weighted by Crippen LogP contribution is 2.17. The molecule has 1 unspecified atom stereocenters. The van der Waals surface area contributed by atoms with Crippen molar-refractivity contribution in [1.29, 1.82) is 0 Å². The highest BCUT2D eigenvalue weighted by molar-refractivity contribution is 7.80. The zero-order chi connectivity index (χ0) is 9.84. The number of thiol groups is 1. The van der Waals surface area contributed by atoms with E-state index < -0.39 is 0 Å². The number of hydrogen-bond acceptors (Lipinski definition) is 1. The lowest BCUT2D eigenvalue weighted by atomic mass is 9.96. The fraction of sp³-hybridized carbons (Fsp3) is 0.500. The van der Waals surface area contributed by atoms with Crippen molar-refractivity contribution in [3.8, 4) is 0 Å². The number of rotatable bonds is 3. The molecule has 0 aromatic heterocycles. The van der Waals surface area contributed by atoms with Crippen molar-refractivity contribution in [3.05, 3.63) is 34.9 Å². The molecular weight excluding hydrogens is 176 g/mol. The van der Waals surface area contributed by atoms with Gasteiger partial charge in [-0.15, -0.1) is 0 Å². The average molecular weight is 194 g/mol.